The van der Waals surface area contributed by atoms with Gasteiger partial charge in [0.2, 0.25) is 0 Å². The van der Waals surface area contributed by atoms with Gasteiger partial charge in [-0.2, -0.15) is 9.78 Å². The molecule has 0 radical (unpaired) electrons. The van der Waals surface area contributed by atoms with Gasteiger partial charge in [-0.15, -0.1) is 0 Å². The third-order valence-electron chi connectivity index (χ3n) is 2.11. The molecule has 0 aliphatic rings. The quantitative estimate of drug-likeness (QED) is 0.588. The molecule has 0 saturated heterocycles. The van der Waals surface area contributed by atoms with Crippen LogP contribution in [0.2, 0.25) is 0 Å². The number of hydrogen-bond acceptors (Lipinski definition) is 4. The van der Waals surface area contributed by atoms with E-state index in [1.54, 1.807) is 41.7 Å². The summed E-state index contributed by atoms with van der Waals surface area (Å²) in [5.41, 5.74) is 0.955. The van der Waals surface area contributed by atoms with Crippen LogP contribution < -0.4 is 0 Å². The van der Waals surface area contributed by atoms with E-state index in [1.807, 2.05) is 6.07 Å². The van der Waals surface area contributed by atoms with Gasteiger partial charge in [0.05, 0.1) is 11.7 Å². The van der Waals surface area contributed by atoms with Crippen molar-refractivity contribution in [2.75, 3.05) is 0 Å². The van der Waals surface area contributed by atoms with Crippen molar-refractivity contribution in [2.45, 2.75) is 0 Å². The van der Waals surface area contributed by atoms with Crippen molar-refractivity contribution in [3.63, 3.8) is 0 Å². The molecule has 0 bridgehead atoms. The minimum Gasteiger partial charge on any atom is -0.264 e. The Labute approximate surface area is 85.4 Å². The van der Waals surface area contributed by atoms with E-state index >= 15 is 0 Å². The molecule has 0 aliphatic carbocycles. The molecule has 3 heterocycles. The van der Waals surface area contributed by atoms with Crippen LogP contribution >= 0.6 is 0 Å². The van der Waals surface area contributed by atoms with Crippen LogP contribution in [0, 0.1) is 0 Å². The molecule has 0 aromatic carbocycles. The lowest BCUT2D eigenvalue weighted by atomic mass is 10.3. The molecule has 5 nitrogen and oxygen atoms in total. The predicted molar refractivity (Wildman–Crippen MR) is 54.5 cm³/mol. The molecule has 5 heteroatoms. The van der Waals surface area contributed by atoms with Gasteiger partial charge < -0.3 is 0 Å². The molecule has 0 saturated carbocycles. The van der Waals surface area contributed by atoms with Crippen LogP contribution in [0.4, 0.5) is 0 Å². The number of hydrogen-bond donors (Lipinski definition) is 0. The Hall–Kier alpha value is -2.30. The van der Waals surface area contributed by atoms with Crippen LogP contribution in [0.1, 0.15) is 0 Å². The van der Waals surface area contributed by atoms with Gasteiger partial charge in [-0.05, 0) is 12.1 Å². The maximum Gasteiger partial charge on any atom is 0.251 e. The monoisotopic (exact) mass is 197 g/mol. The Morgan fingerprint density at radius 2 is 1.87 bits per heavy atom. The van der Waals surface area contributed by atoms with E-state index in [2.05, 4.69) is 20.1 Å². The molecule has 0 fully saturated rings. The normalized spacial score (nSPS) is 10.7. The lowest BCUT2D eigenvalue weighted by Gasteiger charge is -1.99. The first-order valence-corrected chi connectivity index (χ1v) is 4.50. The average Bonchev–Trinajstić information content (AvgIpc) is 2.74. The van der Waals surface area contributed by atoms with Crippen molar-refractivity contribution >= 4 is 10.9 Å². The fourth-order valence-electron chi connectivity index (χ4n) is 1.43. The number of nitrogens with zero attached hydrogens (tertiary/aromatic N) is 5. The zero-order valence-electron chi connectivity index (χ0n) is 7.78. The molecule has 15 heavy (non-hydrogen) atoms. The third kappa shape index (κ3) is 1.25. The summed E-state index contributed by atoms with van der Waals surface area (Å²) < 4.78 is 1.69. The molecule has 3 aromatic heterocycles. The number of fused-ring (bicyclic) bond motifs is 1. The van der Waals surface area contributed by atoms with Crippen molar-refractivity contribution in [3.8, 4) is 5.95 Å². The molecule has 0 aliphatic heterocycles. The molecule has 0 unspecified atom stereocenters. The second kappa shape index (κ2) is 3.13. The maximum atomic E-state index is 4.22. The Balaban J connectivity index is 2.28. The van der Waals surface area contributed by atoms with Crippen molar-refractivity contribution in [2.24, 2.45) is 0 Å². The zero-order valence-corrected chi connectivity index (χ0v) is 7.78. The third-order valence-corrected chi connectivity index (χ3v) is 2.11. The summed E-state index contributed by atoms with van der Waals surface area (Å²) in [4.78, 5) is 12.3. The number of rotatable bonds is 1. The Bertz CT molecular complexity index is 587. The van der Waals surface area contributed by atoms with E-state index in [-0.39, 0.29) is 0 Å². The summed E-state index contributed by atoms with van der Waals surface area (Å²) in [6, 6.07) is 3.66. The van der Waals surface area contributed by atoms with Crippen LogP contribution in [-0.2, 0) is 0 Å². The van der Waals surface area contributed by atoms with Gasteiger partial charge in [-0.25, -0.2) is 9.97 Å². The molecule has 72 valence electrons. The Kier molecular flexibility index (Phi) is 1.68. The minimum absolute atomic E-state index is 0.568. The average molecular weight is 197 g/mol. The van der Waals surface area contributed by atoms with Gasteiger partial charge in [0.25, 0.3) is 5.95 Å². The highest BCUT2D eigenvalue weighted by Gasteiger charge is 2.05. The largest absolute Gasteiger partial charge is 0.264 e. The summed E-state index contributed by atoms with van der Waals surface area (Å²) in [5.74, 6) is 0.568. The van der Waals surface area contributed by atoms with Crippen LogP contribution in [0.5, 0.6) is 0 Å². The topological polar surface area (TPSA) is 56.5 Å². The van der Waals surface area contributed by atoms with E-state index < -0.39 is 0 Å². The molecular formula is C10H7N5. The molecule has 0 spiro atoms. The molecule has 0 atom stereocenters. The van der Waals surface area contributed by atoms with Crippen LogP contribution in [0.25, 0.3) is 16.9 Å². The van der Waals surface area contributed by atoms with Crippen LogP contribution in [0.15, 0.2) is 43.1 Å². The van der Waals surface area contributed by atoms with E-state index in [1.165, 1.54) is 0 Å². The molecule has 3 rings (SSSR count). The minimum atomic E-state index is 0.568. The van der Waals surface area contributed by atoms with Crippen molar-refractivity contribution in [1.82, 2.24) is 24.7 Å². The predicted octanol–water partition coefficient (Wildman–Crippen LogP) is 1.21. The first-order valence-electron chi connectivity index (χ1n) is 4.50. The van der Waals surface area contributed by atoms with Gasteiger partial charge in [0.15, 0.2) is 0 Å². The molecule has 0 amide bonds. The second-order valence-electron chi connectivity index (χ2n) is 3.04. The van der Waals surface area contributed by atoms with Gasteiger partial charge in [-0.3, -0.25) is 4.98 Å². The van der Waals surface area contributed by atoms with E-state index in [9.17, 15) is 0 Å². The summed E-state index contributed by atoms with van der Waals surface area (Å²) in [6.07, 6.45) is 8.62. The summed E-state index contributed by atoms with van der Waals surface area (Å²) in [7, 11) is 0. The summed E-state index contributed by atoms with van der Waals surface area (Å²) >= 11 is 0. The summed E-state index contributed by atoms with van der Waals surface area (Å²) in [6.45, 7) is 0. The fourth-order valence-corrected chi connectivity index (χ4v) is 1.43. The number of aromatic nitrogens is 5. The SMILES string of the molecule is c1cnc(-n2ncc3cnccc32)nc1. The zero-order chi connectivity index (χ0) is 10.1. The van der Waals surface area contributed by atoms with Gasteiger partial charge in [0, 0.05) is 30.2 Å². The highest BCUT2D eigenvalue weighted by molar-refractivity contribution is 5.78. The Morgan fingerprint density at radius 3 is 2.73 bits per heavy atom. The highest BCUT2D eigenvalue weighted by atomic mass is 15.3. The second-order valence-corrected chi connectivity index (χ2v) is 3.04. The molecular weight excluding hydrogens is 190 g/mol. The van der Waals surface area contributed by atoms with E-state index in [4.69, 9.17) is 0 Å². The van der Waals surface area contributed by atoms with Crippen molar-refractivity contribution in [3.05, 3.63) is 43.1 Å². The van der Waals surface area contributed by atoms with E-state index in [0.717, 1.165) is 10.9 Å². The lowest BCUT2D eigenvalue weighted by Crippen LogP contribution is -2.01. The molecule has 0 N–H and O–H groups in total. The van der Waals surface area contributed by atoms with Gasteiger partial charge in [0.1, 0.15) is 0 Å². The van der Waals surface area contributed by atoms with E-state index in [0.29, 0.717) is 5.95 Å². The van der Waals surface area contributed by atoms with Crippen LogP contribution in [-0.4, -0.2) is 24.7 Å². The lowest BCUT2D eigenvalue weighted by molar-refractivity contribution is 0.832. The smallest absolute Gasteiger partial charge is 0.251 e. The maximum absolute atomic E-state index is 4.22. The molecule has 3 aromatic rings. The number of pyridine rings is 1. The van der Waals surface area contributed by atoms with Crippen molar-refractivity contribution < 1.29 is 0 Å². The first kappa shape index (κ1) is 8.05. The first-order chi connectivity index (χ1) is 7.45. The summed E-state index contributed by atoms with van der Waals surface area (Å²) in [5, 5.41) is 5.19. The van der Waals surface area contributed by atoms with Gasteiger partial charge >= 0.3 is 0 Å². The highest BCUT2D eigenvalue weighted by Crippen LogP contribution is 2.13. The standard InChI is InChI=1S/C10H7N5/c1-3-12-10(13-4-1)15-9-2-5-11-6-8(9)7-14-15/h1-7H. The fraction of sp³-hybridized carbons (Fsp3) is 0. The Morgan fingerprint density at radius 1 is 1.00 bits per heavy atom. The van der Waals surface area contributed by atoms with Gasteiger partial charge in [-0.1, -0.05) is 0 Å². The van der Waals surface area contributed by atoms with Crippen LogP contribution in [0.3, 0.4) is 0 Å². The van der Waals surface area contributed by atoms with Crippen molar-refractivity contribution in [1.29, 1.82) is 0 Å².